The van der Waals surface area contributed by atoms with Gasteiger partial charge in [0.25, 0.3) is 0 Å². The van der Waals surface area contributed by atoms with Gasteiger partial charge < -0.3 is 5.32 Å². The SMILES string of the molecule is CCCCCC(C)NC(=O)CSc1nncn1-c1ccccc1C. The summed E-state index contributed by atoms with van der Waals surface area (Å²) in [5, 5.41) is 11.9. The van der Waals surface area contributed by atoms with Gasteiger partial charge in [0.05, 0.1) is 11.4 Å². The second kappa shape index (κ2) is 9.47. The van der Waals surface area contributed by atoms with Crippen LogP contribution in [0.3, 0.4) is 0 Å². The van der Waals surface area contributed by atoms with Gasteiger partial charge in [-0.3, -0.25) is 9.36 Å². The number of rotatable bonds is 9. The number of carbonyl (C=O) groups is 1. The molecule has 0 bridgehead atoms. The van der Waals surface area contributed by atoms with E-state index in [9.17, 15) is 4.79 Å². The molecule has 6 heteroatoms. The van der Waals surface area contributed by atoms with E-state index in [1.54, 1.807) is 6.33 Å². The summed E-state index contributed by atoms with van der Waals surface area (Å²) < 4.78 is 1.93. The van der Waals surface area contributed by atoms with Crippen molar-refractivity contribution in [1.29, 1.82) is 0 Å². The van der Waals surface area contributed by atoms with Crippen LogP contribution in [-0.4, -0.2) is 32.5 Å². The summed E-state index contributed by atoms with van der Waals surface area (Å²) in [6.07, 6.45) is 6.30. The van der Waals surface area contributed by atoms with Crippen molar-refractivity contribution in [2.24, 2.45) is 0 Å². The molecule has 1 heterocycles. The van der Waals surface area contributed by atoms with E-state index in [2.05, 4.69) is 42.4 Å². The Kier molecular flexibility index (Phi) is 7.31. The molecule has 1 aromatic heterocycles. The van der Waals surface area contributed by atoms with Crippen molar-refractivity contribution in [3.05, 3.63) is 36.2 Å². The molecule has 0 spiro atoms. The normalized spacial score (nSPS) is 12.1. The predicted octanol–water partition coefficient (Wildman–Crippen LogP) is 3.75. The molecule has 0 radical (unpaired) electrons. The lowest BCUT2D eigenvalue weighted by Crippen LogP contribution is -2.33. The molecule has 24 heavy (non-hydrogen) atoms. The zero-order chi connectivity index (χ0) is 17.4. The van der Waals surface area contributed by atoms with Crippen LogP contribution in [0, 0.1) is 6.92 Å². The smallest absolute Gasteiger partial charge is 0.230 e. The van der Waals surface area contributed by atoms with E-state index in [1.807, 2.05) is 22.8 Å². The summed E-state index contributed by atoms with van der Waals surface area (Å²) >= 11 is 1.41. The number of hydrogen-bond acceptors (Lipinski definition) is 4. The fraction of sp³-hybridized carbons (Fsp3) is 0.500. The van der Waals surface area contributed by atoms with Gasteiger partial charge in [0.1, 0.15) is 6.33 Å². The van der Waals surface area contributed by atoms with E-state index in [0.717, 1.165) is 29.2 Å². The standard InChI is InChI=1S/C18H26N4OS/c1-4-5-6-10-15(3)20-17(23)12-24-18-21-19-13-22(18)16-11-8-7-9-14(16)2/h7-9,11,13,15H,4-6,10,12H2,1-3H3,(H,20,23). The second-order valence-electron chi connectivity index (χ2n) is 6.02. The molecule has 0 aliphatic carbocycles. The Hall–Kier alpha value is -1.82. The third-order valence-electron chi connectivity index (χ3n) is 3.87. The number of para-hydroxylation sites is 1. The van der Waals surface area contributed by atoms with Gasteiger partial charge in [-0.25, -0.2) is 0 Å². The highest BCUT2D eigenvalue weighted by atomic mass is 32.2. The molecule has 0 fully saturated rings. The van der Waals surface area contributed by atoms with Gasteiger partial charge in [-0.15, -0.1) is 10.2 Å². The monoisotopic (exact) mass is 346 g/mol. The van der Waals surface area contributed by atoms with E-state index in [4.69, 9.17) is 0 Å². The first-order chi connectivity index (χ1) is 11.6. The van der Waals surface area contributed by atoms with Gasteiger partial charge in [0, 0.05) is 6.04 Å². The molecule has 130 valence electrons. The minimum absolute atomic E-state index is 0.0448. The summed E-state index contributed by atoms with van der Waals surface area (Å²) in [6, 6.07) is 8.29. The van der Waals surface area contributed by atoms with Crippen molar-refractivity contribution >= 4 is 17.7 Å². The van der Waals surface area contributed by atoms with Crippen molar-refractivity contribution in [2.45, 2.75) is 57.7 Å². The molecule has 0 saturated heterocycles. The first-order valence-corrected chi connectivity index (χ1v) is 9.48. The first kappa shape index (κ1) is 18.5. The zero-order valence-corrected chi connectivity index (χ0v) is 15.5. The lowest BCUT2D eigenvalue weighted by molar-refractivity contribution is -0.119. The highest BCUT2D eigenvalue weighted by Gasteiger charge is 2.12. The quantitative estimate of drug-likeness (QED) is 0.555. The summed E-state index contributed by atoms with van der Waals surface area (Å²) in [5.74, 6) is 0.395. The average molecular weight is 347 g/mol. The molecular weight excluding hydrogens is 320 g/mol. The molecule has 5 nitrogen and oxygen atoms in total. The first-order valence-electron chi connectivity index (χ1n) is 8.50. The van der Waals surface area contributed by atoms with Crippen molar-refractivity contribution in [3.8, 4) is 5.69 Å². The Balaban J connectivity index is 1.88. The average Bonchev–Trinajstić information content (AvgIpc) is 3.02. The number of benzene rings is 1. The summed E-state index contributed by atoms with van der Waals surface area (Å²) in [5.41, 5.74) is 2.19. The summed E-state index contributed by atoms with van der Waals surface area (Å²) in [7, 11) is 0. The third-order valence-corrected chi connectivity index (χ3v) is 4.81. The van der Waals surface area contributed by atoms with Crippen LogP contribution < -0.4 is 5.32 Å². The number of hydrogen-bond donors (Lipinski definition) is 1. The molecule has 1 aromatic carbocycles. The molecule has 0 aliphatic heterocycles. The Morgan fingerprint density at radius 2 is 2.12 bits per heavy atom. The van der Waals surface area contributed by atoms with Crippen LogP contribution in [0.25, 0.3) is 5.69 Å². The maximum Gasteiger partial charge on any atom is 0.230 e. The van der Waals surface area contributed by atoms with E-state index >= 15 is 0 Å². The van der Waals surface area contributed by atoms with E-state index in [-0.39, 0.29) is 11.9 Å². The molecular formula is C18H26N4OS. The number of nitrogens with zero attached hydrogens (tertiary/aromatic N) is 3. The minimum atomic E-state index is 0.0448. The molecule has 1 amide bonds. The highest BCUT2D eigenvalue weighted by molar-refractivity contribution is 7.99. The number of aryl methyl sites for hydroxylation is 1. The van der Waals surface area contributed by atoms with Crippen LogP contribution in [0.15, 0.2) is 35.7 Å². The Morgan fingerprint density at radius 3 is 2.88 bits per heavy atom. The lowest BCUT2D eigenvalue weighted by Gasteiger charge is -2.13. The molecule has 0 saturated carbocycles. The van der Waals surface area contributed by atoms with E-state index < -0.39 is 0 Å². The van der Waals surface area contributed by atoms with Gasteiger partial charge in [0.15, 0.2) is 5.16 Å². The highest BCUT2D eigenvalue weighted by Crippen LogP contribution is 2.21. The predicted molar refractivity (Wildman–Crippen MR) is 98.6 cm³/mol. The Bertz CT molecular complexity index is 656. The van der Waals surface area contributed by atoms with E-state index in [1.165, 1.54) is 24.6 Å². The van der Waals surface area contributed by atoms with Crippen LogP contribution in [-0.2, 0) is 4.79 Å². The fourth-order valence-electron chi connectivity index (χ4n) is 2.54. The topological polar surface area (TPSA) is 59.8 Å². The molecule has 1 unspecified atom stereocenters. The number of nitrogens with one attached hydrogen (secondary N) is 1. The molecule has 2 rings (SSSR count). The zero-order valence-electron chi connectivity index (χ0n) is 14.7. The fourth-order valence-corrected chi connectivity index (χ4v) is 3.27. The Labute approximate surface area is 148 Å². The van der Waals surface area contributed by atoms with Gasteiger partial charge in [0.2, 0.25) is 5.91 Å². The van der Waals surface area contributed by atoms with E-state index in [0.29, 0.717) is 5.75 Å². The molecule has 1 N–H and O–H groups in total. The molecule has 2 aromatic rings. The van der Waals surface area contributed by atoms with Crippen molar-refractivity contribution in [3.63, 3.8) is 0 Å². The largest absolute Gasteiger partial charge is 0.353 e. The second-order valence-corrected chi connectivity index (χ2v) is 6.97. The summed E-state index contributed by atoms with van der Waals surface area (Å²) in [4.78, 5) is 12.1. The third kappa shape index (κ3) is 5.37. The van der Waals surface area contributed by atoms with Crippen LogP contribution >= 0.6 is 11.8 Å². The number of amides is 1. The maximum absolute atomic E-state index is 12.1. The number of aromatic nitrogens is 3. The minimum Gasteiger partial charge on any atom is -0.353 e. The van der Waals surface area contributed by atoms with Gasteiger partial charge in [-0.1, -0.05) is 56.1 Å². The van der Waals surface area contributed by atoms with Gasteiger partial charge in [-0.2, -0.15) is 0 Å². The lowest BCUT2D eigenvalue weighted by atomic mass is 10.1. The van der Waals surface area contributed by atoms with Gasteiger partial charge in [-0.05, 0) is 31.9 Å². The number of thioether (sulfide) groups is 1. The molecule has 1 atom stereocenters. The van der Waals surface area contributed by atoms with Crippen LogP contribution in [0.4, 0.5) is 0 Å². The van der Waals surface area contributed by atoms with Crippen LogP contribution in [0.2, 0.25) is 0 Å². The van der Waals surface area contributed by atoms with Crippen LogP contribution in [0.5, 0.6) is 0 Å². The Morgan fingerprint density at radius 1 is 1.33 bits per heavy atom. The molecule has 0 aliphatic rings. The number of unbranched alkanes of at least 4 members (excludes halogenated alkanes) is 2. The van der Waals surface area contributed by atoms with Gasteiger partial charge >= 0.3 is 0 Å². The summed E-state index contributed by atoms with van der Waals surface area (Å²) in [6.45, 7) is 6.30. The number of carbonyl (C=O) groups excluding carboxylic acids is 1. The maximum atomic E-state index is 12.1. The van der Waals surface area contributed by atoms with Crippen molar-refractivity contribution < 1.29 is 4.79 Å². The van der Waals surface area contributed by atoms with Crippen LogP contribution in [0.1, 0.15) is 45.1 Å². The van der Waals surface area contributed by atoms with Crippen molar-refractivity contribution in [1.82, 2.24) is 20.1 Å². The van der Waals surface area contributed by atoms with Crippen molar-refractivity contribution in [2.75, 3.05) is 5.75 Å².